The maximum absolute atomic E-state index is 12.0. The molecule has 1 aromatic rings. The first-order valence-corrected chi connectivity index (χ1v) is 8.03. The second-order valence-electron chi connectivity index (χ2n) is 5.51. The molecular formula is C17H26N2O2. The average Bonchev–Trinajstić information content (AvgIpc) is 2.76. The summed E-state index contributed by atoms with van der Waals surface area (Å²) in [4.78, 5) is 14.4. The van der Waals surface area contributed by atoms with Crippen LogP contribution in [0.25, 0.3) is 0 Å². The maximum Gasteiger partial charge on any atom is 0.225 e. The Morgan fingerprint density at radius 2 is 1.81 bits per heavy atom. The van der Waals surface area contributed by atoms with Crippen LogP contribution in [-0.2, 0) is 4.79 Å². The standard InChI is InChI=1S/C17H26N2O2/c1-2-21-16-9-7-15(8-10-16)18-17(20)11-14-19-12-5-3-4-6-13-19/h7-10H,2-6,11-14H2,1H3,(H,18,20). The molecule has 4 nitrogen and oxygen atoms in total. The third kappa shape index (κ3) is 5.76. The van der Waals surface area contributed by atoms with Crippen molar-refractivity contribution in [2.45, 2.75) is 39.0 Å². The summed E-state index contributed by atoms with van der Waals surface area (Å²) in [6.45, 7) is 5.75. The molecule has 1 heterocycles. The van der Waals surface area contributed by atoms with Crippen molar-refractivity contribution in [3.05, 3.63) is 24.3 Å². The van der Waals surface area contributed by atoms with Gasteiger partial charge >= 0.3 is 0 Å². The second kappa shape index (κ2) is 8.67. The van der Waals surface area contributed by atoms with Crippen LogP contribution in [0.5, 0.6) is 5.75 Å². The van der Waals surface area contributed by atoms with Crippen molar-refractivity contribution in [2.24, 2.45) is 0 Å². The molecule has 1 amide bonds. The number of amides is 1. The fourth-order valence-corrected chi connectivity index (χ4v) is 2.64. The molecule has 0 spiro atoms. The molecule has 1 saturated heterocycles. The minimum absolute atomic E-state index is 0.0865. The van der Waals surface area contributed by atoms with Gasteiger partial charge in [-0.05, 0) is 57.1 Å². The van der Waals surface area contributed by atoms with Gasteiger partial charge in [-0.1, -0.05) is 12.8 Å². The summed E-state index contributed by atoms with van der Waals surface area (Å²) in [5, 5.41) is 2.95. The zero-order valence-corrected chi connectivity index (χ0v) is 12.9. The molecule has 1 aliphatic rings. The fraction of sp³-hybridized carbons (Fsp3) is 0.588. The lowest BCUT2D eigenvalue weighted by molar-refractivity contribution is -0.116. The average molecular weight is 290 g/mol. The van der Waals surface area contributed by atoms with Crippen molar-refractivity contribution in [1.82, 2.24) is 4.90 Å². The number of nitrogens with zero attached hydrogens (tertiary/aromatic N) is 1. The first kappa shape index (κ1) is 15.8. The summed E-state index contributed by atoms with van der Waals surface area (Å²) >= 11 is 0. The second-order valence-corrected chi connectivity index (χ2v) is 5.51. The molecule has 0 aromatic heterocycles. The minimum atomic E-state index is 0.0865. The van der Waals surface area contributed by atoms with Gasteiger partial charge < -0.3 is 15.0 Å². The SMILES string of the molecule is CCOc1ccc(NC(=O)CCN2CCCCCC2)cc1. The molecule has 0 saturated carbocycles. The molecular weight excluding hydrogens is 264 g/mol. The van der Waals surface area contributed by atoms with Gasteiger partial charge in [0.15, 0.2) is 0 Å². The lowest BCUT2D eigenvalue weighted by atomic mass is 10.2. The molecule has 2 rings (SSSR count). The van der Waals surface area contributed by atoms with Gasteiger partial charge in [0.2, 0.25) is 5.91 Å². The van der Waals surface area contributed by atoms with Gasteiger partial charge in [0.05, 0.1) is 6.61 Å². The molecule has 0 radical (unpaired) electrons. The third-order valence-electron chi connectivity index (χ3n) is 3.80. The van der Waals surface area contributed by atoms with Crippen LogP contribution in [0.1, 0.15) is 39.0 Å². The first-order valence-electron chi connectivity index (χ1n) is 8.03. The van der Waals surface area contributed by atoms with E-state index < -0.39 is 0 Å². The highest BCUT2D eigenvalue weighted by Gasteiger charge is 2.11. The van der Waals surface area contributed by atoms with Crippen LogP contribution in [0.4, 0.5) is 5.69 Å². The predicted octanol–water partition coefficient (Wildman–Crippen LogP) is 3.29. The molecule has 0 aliphatic carbocycles. The number of anilines is 1. The van der Waals surface area contributed by atoms with E-state index in [0.29, 0.717) is 13.0 Å². The van der Waals surface area contributed by atoms with Crippen molar-refractivity contribution >= 4 is 11.6 Å². The number of benzene rings is 1. The number of hydrogen-bond acceptors (Lipinski definition) is 3. The molecule has 1 aliphatic heterocycles. The Balaban J connectivity index is 1.73. The number of carbonyl (C=O) groups excluding carboxylic acids is 1. The fourth-order valence-electron chi connectivity index (χ4n) is 2.64. The smallest absolute Gasteiger partial charge is 0.225 e. The summed E-state index contributed by atoms with van der Waals surface area (Å²) < 4.78 is 5.39. The van der Waals surface area contributed by atoms with Crippen LogP contribution in [0.2, 0.25) is 0 Å². The Morgan fingerprint density at radius 1 is 1.14 bits per heavy atom. The molecule has 1 fully saturated rings. The number of hydrogen-bond donors (Lipinski definition) is 1. The van der Waals surface area contributed by atoms with Gasteiger partial charge in [-0.15, -0.1) is 0 Å². The molecule has 0 bridgehead atoms. The quantitative estimate of drug-likeness (QED) is 0.874. The predicted molar refractivity (Wildman–Crippen MR) is 85.8 cm³/mol. The Hall–Kier alpha value is -1.55. The largest absolute Gasteiger partial charge is 0.494 e. The Kier molecular flexibility index (Phi) is 6.54. The number of nitrogens with one attached hydrogen (secondary N) is 1. The normalized spacial score (nSPS) is 16.2. The van der Waals surface area contributed by atoms with Crippen molar-refractivity contribution in [3.63, 3.8) is 0 Å². The zero-order chi connectivity index (χ0) is 14.9. The highest BCUT2D eigenvalue weighted by atomic mass is 16.5. The van der Waals surface area contributed by atoms with E-state index in [0.717, 1.165) is 31.1 Å². The Morgan fingerprint density at radius 3 is 2.43 bits per heavy atom. The van der Waals surface area contributed by atoms with Crippen LogP contribution in [0.3, 0.4) is 0 Å². The number of carbonyl (C=O) groups is 1. The van der Waals surface area contributed by atoms with Crippen molar-refractivity contribution < 1.29 is 9.53 Å². The van der Waals surface area contributed by atoms with Gasteiger partial charge in [0.25, 0.3) is 0 Å². The Labute approximate surface area is 127 Å². The number of likely N-dealkylation sites (tertiary alicyclic amines) is 1. The van der Waals surface area contributed by atoms with Crippen LogP contribution < -0.4 is 10.1 Å². The minimum Gasteiger partial charge on any atom is -0.494 e. The monoisotopic (exact) mass is 290 g/mol. The van der Waals surface area contributed by atoms with Gasteiger partial charge in [0, 0.05) is 18.7 Å². The Bertz CT molecular complexity index is 423. The van der Waals surface area contributed by atoms with Crippen LogP contribution >= 0.6 is 0 Å². The van der Waals surface area contributed by atoms with Gasteiger partial charge in [0.1, 0.15) is 5.75 Å². The van der Waals surface area contributed by atoms with E-state index in [1.54, 1.807) is 0 Å². The van der Waals surface area contributed by atoms with Crippen LogP contribution in [0, 0.1) is 0 Å². The van der Waals surface area contributed by atoms with E-state index in [2.05, 4.69) is 10.2 Å². The number of ether oxygens (including phenoxy) is 1. The molecule has 116 valence electrons. The van der Waals surface area contributed by atoms with Crippen LogP contribution in [0.15, 0.2) is 24.3 Å². The van der Waals surface area contributed by atoms with Crippen molar-refractivity contribution in [2.75, 3.05) is 31.6 Å². The highest BCUT2D eigenvalue weighted by Crippen LogP contribution is 2.16. The topological polar surface area (TPSA) is 41.6 Å². The van der Waals surface area contributed by atoms with E-state index in [-0.39, 0.29) is 5.91 Å². The molecule has 0 atom stereocenters. The van der Waals surface area contributed by atoms with E-state index >= 15 is 0 Å². The van der Waals surface area contributed by atoms with Gasteiger partial charge in [-0.3, -0.25) is 4.79 Å². The van der Waals surface area contributed by atoms with Crippen LogP contribution in [-0.4, -0.2) is 37.0 Å². The zero-order valence-electron chi connectivity index (χ0n) is 12.9. The van der Waals surface area contributed by atoms with E-state index in [4.69, 9.17) is 4.74 Å². The summed E-state index contributed by atoms with van der Waals surface area (Å²) in [5.41, 5.74) is 0.833. The summed E-state index contributed by atoms with van der Waals surface area (Å²) in [7, 11) is 0. The molecule has 4 heteroatoms. The number of rotatable bonds is 6. The lowest BCUT2D eigenvalue weighted by Gasteiger charge is -2.19. The summed E-state index contributed by atoms with van der Waals surface area (Å²) in [5.74, 6) is 0.920. The van der Waals surface area contributed by atoms with Gasteiger partial charge in [-0.25, -0.2) is 0 Å². The lowest BCUT2D eigenvalue weighted by Crippen LogP contribution is -2.28. The highest BCUT2D eigenvalue weighted by molar-refractivity contribution is 5.90. The van der Waals surface area contributed by atoms with Crippen molar-refractivity contribution in [1.29, 1.82) is 0 Å². The summed E-state index contributed by atoms with van der Waals surface area (Å²) in [6.07, 6.45) is 5.75. The van der Waals surface area contributed by atoms with E-state index in [1.165, 1.54) is 25.7 Å². The van der Waals surface area contributed by atoms with E-state index in [1.807, 2.05) is 31.2 Å². The maximum atomic E-state index is 12.0. The third-order valence-corrected chi connectivity index (χ3v) is 3.80. The first-order chi connectivity index (χ1) is 10.3. The molecule has 0 unspecified atom stereocenters. The molecule has 1 aromatic carbocycles. The molecule has 21 heavy (non-hydrogen) atoms. The molecule has 1 N–H and O–H groups in total. The van der Waals surface area contributed by atoms with E-state index in [9.17, 15) is 4.79 Å². The van der Waals surface area contributed by atoms with Crippen molar-refractivity contribution in [3.8, 4) is 5.75 Å². The van der Waals surface area contributed by atoms with Gasteiger partial charge in [-0.2, -0.15) is 0 Å². The summed E-state index contributed by atoms with van der Waals surface area (Å²) in [6, 6.07) is 7.53.